The summed E-state index contributed by atoms with van der Waals surface area (Å²) in [6.45, 7) is 0. The number of hydrogen-bond donors (Lipinski definition) is 0. The maximum absolute atomic E-state index is 13.6. The molecule has 0 saturated heterocycles. The molecule has 0 aliphatic carbocycles. The third kappa shape index (κ3) is 3.16. The molecule has 0 aliphatic rings. The normalized spacial score (nSPS) is 13.2. The van der Waals surface area contributed by atoms with E-state index < -0.39 is 26.8 Å². The van der Waals surface area contributed by atoms with Gasteiger partial charge in [0.15, 0.2) is 9.84 Å². The Kier molecular flexibility index (Phi) is 4.11. The van der Waals surface area contributed by atoms with E-state index in [4.69, 9.17) is 11.6 Å². The number of hydrogen-bond acceptors (Lipinski definition) is 2. The van der Waals surface area contributed by atoms with Gasteiger partial charge in [-0.15, -0.1) is 11.6 Å². The van der Waals surface area contributed by atoms with Crippen molar-refractivity contribution in [3.63, 3.8) is 0 Å². The molecule has 20 heavy (non-hydrogen) atoms. The fourth-order valence-electron chi connectivity index (χ4n) is 1.77. The molecule has 6 heteroatoms. The van der Waals surface area contributed by atoms with E-state index >= 15 is 0 Å². The third-order valence-corrected chi connectivity index (χ3v) is 4.45. The highest BCUT2D eigenvalue weighted by molar-refractivity contribution is 7.90. The number of alkyl halides is 1. The second-order valence-corrected chi connectivity index (χ2v) is 6.82. The summed E-state index contributed by atoms with van der Waals surface area (Å²) in [5.74, 6) is -1.20. The van der Waals surface area contributed by atoms with Crippen LogP contribution in [-0.2, 0) is 9.84 Å². The molecule has 0 spiro atoms. The zero-order valence-corrected chi connectivity index (χ0v) is 12.0. The van der Waals surface area contributed by atoms with E-state index in [1.54, 1.807) is 0 Å². The number of rotatable bonds is 3. The molecule has 0 radical (unpaired) electrons. The number of halogens is 3. The van der Waals surface area contributed by atoms with Gasteiger partial charge in [-0.2, -0.15) is 0 Å². The van der Waals surface area contributed by atoms with Crippen LogP contribution in [0.3, 0.4) is 0 Å². The summed E-state index contributed by atoms with van der Waals surface area (Å²) < 4.78 is 49.4. The fourth-order valence-corrected chi connectivity index (χ4v) is 2.72. The van der Waals surface area contributed by atoms with Crippen molar-refractivity contribution in [1.82, 2.24) is 0 Å². The summed E-state index contributed by atoms with van der Waals surface area (Å²) in [5, 5.41) is -0.890. The average molecular weight is 317 g/mol. The zero-order valence-electron chi connectivity index (χ0n) is 10.5. The molecule has 0 amide bonds. The Balaban J connectivity index is 2.39. The molecule has 0 N–H and O–H groups in total. The first-order chi connectivity index (χ1) is 9.29. The zero-order chi connectivity index (χ0) is 14.9. The van der Waals surface area contributed by atoms with Crippen LogP contribution >= 0.6 is 11.6 Å². The molecule has 106 valence electrons. The molecule has 2 aromatic rings. The van der Waals surface area contributed by atoms with Crippen LogP contribution in [0.2, 0.25) is 0 Å². The van der Waals surface area contributed by atoms with Gasteiger partial charge in [0.25, 0.3) is 0 Å². The highest BCUT2D eigenvalue weighted by Crippen LogP contribution is 2.31. The van der Waals surface area contributed by atoms with E-state index in [1.807, 2.05) is 0 Å². The smallest absolute Gasteiger partial charge is 0.175 e. The molecule has 0 aliphatic heterocycles. The molecule has 1 atom stereocenters. The summed E-state index contributed by atoms with van der Waals surface area (Å²) in [5.41, 5.74) is 0.502. The van der Waals surface area contributed by atoms with Gasteiger partial charge in [-0.1, -0.05) is 12.1 Å². The molecule has 2 aromatic carbocycles. The first-order valence-corrected chi connectivity index (χ1v) is 8.01. The van der Waals surface area contributed by atoms with E-state index in [-0.39, 0.29) is 10.5 Å². The van der Waals surface area contributed by atoms with Gasteiger partial charge in [-0.05, 0) is 35.9 Å². The second-order valence-electron chi connectivity index (χ2n) is 4.37. The van der Waals surface area contributed by atoms with Gasteiger partial charge in [-0.3, -0.25) is 0 Å². The van der Waals surface area contributed by atoms with Crippen molar-refractivity contribution in [3.8, 4) is 0 Å². The standard InChI is InChI=1S/C14H11ClF2O2S/c1-20(18,19)11-5-2-9(3-6-11)14(15)12-8-10(16)4-7-13(12)17/h2-8,14H,1H3. The van der Waals surface area contributed by atoms with Crippen molar-refractivity contribution in [2.75, 3.05) is 6.26 Å². The van der Waals surface area contributed by atoms with Crippen LogP contribution in [-0.4, -0.2) is 14.7 Å². The van der Waals surface area contributed by atoms with Gasteiger partial charge in [0.05, 0.1) is 10.3 Å². The van der Waals surface area contributed by atoms with E-state index in [9.17, 15) is 17.2 Å². The lowest BCUT2D eigenvalue weighted by Crippen LogP contribution is -2.00. The topological polar surface area (TPSA) is 34.1 Å². The van der Waals surface area contributed by atoms with E-state index in [0.717, 1.165) is 24.5 Å². The van der Waals surface area contributed by atoms with E-state index in [2.05, 4.69) is 0 Å². The fraction of sp³-hybridized carbons (Fsp3) is 0.143. The molecule has 0 fully saturated rings. The highest BCUT2D eigenvalue weighted by atomic mass is 35.5. The van der Waals surface area contributed by atoms with Gasteiger partial charge >= 0.3 is 0 Å². The summed E-state index contributed by atoms with van der Waals surface area (Å²) in [4.78, 5) is 0.143. The molecular weight excluding hydrogens is 306 g/mol. The van der Waals surface area contributed by atoms with E-state index in [0.29, 0.717) is 5.56 Å². The first kappa shape index (κ1) is 14.9. The quantitative estimate of drug-likeness (QED) is 0.809. The molecule has 0 bridgehead atoms. The summed E-state index contributed by atoms with van der Waals surface area (Å²) in [7, 11) is -3.30. The summed E-state index contributed by atoms with van der Waals surface area (Å²) in [6.07, 6.45) is 1.09. The molecule has 0 saturated carbocycles. The Morgan fingerprint density at radius 1 is 1.05 bits per heavy atom. The highest BCUT2D eigenvalue weighted by Gasteiger charge is 2.17. The van der Waals surface area contributed by atoms with Crippen LogP contribution < -0.4 is 0 Å². The third-order valence-electron chi connectivity index (χ3n) is 2.83. The number of sulfone groups is 1. The molecule has 1 unspecified atom stereocenters. The minimum absolute atomic E-state index is 0.0128. The van der Waals surface area contributed by atoms with Crippen molar-refractivity contribution >= 4 is 21.4 Å². The molecular formula is C14H11ClF2O2S. The van der Waals surface area contributed by atoms with Gasteiger partial charge < -0.3 is 0 Å². The first-order valence-electron chi connectivity index (χ1n) is 5.68. The van der Waals surface area contributed by atoms with Gasteiger partial charge in [-0.25, -0.2) is 17.2 Å². The van der Waals surface area contributed by atoms with Crippen molar-refractivity contribution in [1.29, 1.82) is 0 Å². The van der Waals surface area contributed by atoms with Crippen molar-refractivity contribution in [2.45, 2.75) is 10.3 Å². The van der Waals surface area contributed by atoms with Crippen LogP contribution in [0, 0.1) is 11.6 Å². The van der Waals surface area contributed by atoms with Gasteiger partial charge in [0, 0.05) is 11.8 Å². The largest absolute Gasteiger partial charge is 0.224 e. The Labute approximate surface area is 120 Å². The van der Waals surface area contributed by atoms with Crippen LogP contribution in [0.4, 0.5) is 8.78 Å². The van der Waals surface area contributed by atoms with Crippen molar-refractivity contribution in [2.24, 2.45) is 0 Å². The van der Waals surface area contributed by atoms with E-state index in [1.165, 1.54) is 24.3 Å². The van der Waals surface area contributed by atoms with Crippen LogP contribution in [0.5, 0.6) is 0 Å². The predicted molar refractivity (Wildman–Crippen MR) is 73.6 cm³/mol. The lowest BCUT2D eigenvalue weighted by atomic mass is 10.0. The maximum atomic E-state index is 13.6. The molecule has 0 heterocycles. The lowest BCUT2D eigenvalue weighted by Gasteiger charge is -2.12. The molecule has 2 rings (SSSR count). The Hall–Kier alpha value is -1.46. The van der Waals surface area contributed by atoms with Crippen LogP contribution in [0.15, 0.2) is 47.4 Å². The van der Waals surface area contributed by atoms with Crippen LogP contribution in [0.1, 0.15) is 16.5 Å². The lowest BCUT2D eigenvalue weighted by molar-refractivity contribution is 0.587. The predicted octanol–water partition coefficient (Wildman–Crippen LogP) is 3.70. The maximum Gasteiger partial charge on any atom is 0.175 e. The molecule has 0 aromatic heterocycles. The minimum atomic E-state index is -3.30. The summed E-state index contributed by atoms with van der Waals surface area (Å²) in [6, 6.07) is 8.78. The Bertz CT molecular complexity index is 727. The van der Waals surface area contributed by atoms with Crippen LogP contribution in [0.25, 0.3) is 0 Å². The van der Waals surface area contributed by atoms with Crippen molar-refractivity contribution < 1.29 is 17.2 Å². The SMILES string of the molecule is CS(=O)(=O)c1ccc(C(Cl)c2cc(F)ccc2F)cc1. The second kappa shape index (κ2) is 5.50. The Morgan fingerprint density at radius 3 is 2.20 bits per heavy atom. The van der Waals surface area contributed by atoms with Gasteiger partial charge in [0.2, 0.25) is 0 Å². The molecule has 2 nitrogen and oxygen atoms in total. The van der Waals surface area contributed by atoms with Crippen molar-refractivity contribution in [3.05, 3.63) is 65.2 Å². The average Bonchev–Trinajstić information content (AvgIpc) is 2.40. The monoisotopic (exact) mass is 316 g/mol. The summed E-state index contributed by atoms with van der Waals surface area (Å²) >= 11 is 6.12. The number of benzene rings is 2. The Morgan fingerprint density at radius 2 is 1.65 bits per heavy atom. The van der Waals surface area contributed by atoms with Gasteiger partial charge in [0.1, 0.15) is 11.6 Å². The minimum Gasteiger partial charge on any atom is -0.224 e.